The number of rotatable bonds is 6. The van der Waals surface area contributed by atoms with Gasteiger partial charge in [-0.05, 0) is 42.7 Å². The molecule has 1 aromatic carbocycles. The lowest BCUT2D eigenvalue weighted by Crippen LogP contribution is -2.37. The summed E-state index contributed by atoms with van der Waals surface area (Å²) in [6, 6.07) is 12.8. The van der Waals surface area contributed by atoms with E-state index in [9.17, 15) is 8.42 Å². The molecule has 0 aliphatic carbocycles. The fraction of sp³-hybridized carbons (Fsp3) is 0.381. The molecule has 10 heteroatoms. The largest absolute Gasteiger partial charge is 0.352 e. The maximum atomic E-state index is 12.8. The van der Waals surface area contributed by atoms with Crippen LogP contribution in [-0.2, 0) is 23.1 Å². The number of piperidine rings is 1. The maximum absolute atomic E-state index is 12.8. The quantitative estimate of drug-likeness (QED) is 0.446. The predicted octanol–water partition coefficient (Wildman–Crippen LogP) is 1.77. The number of sulfonamides is 1. The van der Waals surface area contributed by atoms with Crippen LogP contribution in [0.2, 0.25) is 0 Å². The zero-order valence-corrected chi connectivity index (χ0v) is 18.3. The number of fused-ring (bicyclic) bond motifs is 1. The van der Waals surface area contributed by atoms with Gasteiger partial charge in [-0.1, -0.05) is 24.6 Å². The molecule has 4 rings (SSSR count). The highest BCUT2D eigenvalue weighted by atomic mass is 32.2. The number of benzene rings is 1. The molecule has 3 heterocycles. The van der Waals surface area contributed by atoms with Crippen molar-refractivity contribution in [2.24, 2.45) is 4.99 Å². The van der Waals surface area contributed by atoms with Crippen LogP contribution >= 0.6 is 0 Å². The number of guanidine groups is 1. The van der Waals surface area contributed by atoms with Crippen molar-refractivity contribution in [2.75, 3.05) is 20.1 Å². The predicted molar refractivity (Wildman–Crippen MR) is 119 cm³/mol. The van der Waals surface area contributed by atoms with Crippen LogP contribution < -0.4 is 10.6 Å². The Morgan fingerprint density at radius 3 is 2.48 bits per heavy atom. The smallest absolute Gasteiger partial charge is 0.243 e. The van der Waals surface area contributed by atoms with Crippen LogP contribution in [0.3, 0.4) is 0 Å². The number of aromatic nitrogens is 3. The average Bonchev–Trinajstić information content (AvgIpc) is 3.23. The van der Waals surface area contributed by atoms with E-state index in [0.717, 1.165) is 36.3 Å². The molecule has 1 aliphatic heterocycles. The molecular formula is C21H27N7O2S. The summed E-state index contributed by atoms with van der Waals surface area (Å²) in [5.41, 5.74) is 1.76. The Balaban J connectivity index is 1.33. The van der Waals surface area contributed by atoms with Crippen LogP contribution in [-0.4, -0.2) is 53.4 Å². The van der Waals surface area contributed by atoms with E-state index in [2.05, 4.69) is 25.8 Å². The summed E-state index contributed by atoms with van der Waals surface area (Å²) in [6.07, 6.45) is 4.87. The number of aliphatic imine (C=N–C) groups is 1. The Labute approximate surface area is 182 Å². The van der Waals surface area contributed by atoms with Gasteiger partial charge in [-0.3, -0.25) is 9.39 Å². The first kappa shape index (κ1) is 21.3. The number of pyridine rings is 1. The van der Waals surface area contributed by atoms with Crippen molar-refractivity contribution in [3.8, 4) is 0 Å². The first-order chi connectivity index (χ1) is 15.1. The second kappa shape index (κ2) is 9.44. The molecule has 2 N–H and O–H groups in total. The van der Waals surface area contributed by atoms with E-state index >= 15 is 0 Å². The van der Waals surface area contributed by atoms with Crippen LogP contribution in [0.4, 0.5) is 0 Å². The van der Waals surface area contributed by atoms with E-state index < -0.39 is 10.0 Å². The van der Waals surface area contributed by atoms with E-state index in [1.54, 1.807) is 23.5 Å². The van der Waals surface area contributed by atoms with E-state index in [1.807, 2.05) is 40.9 Å². The molecule has 0 unspecified atom stereocenters. The van der Waals surface area contributed by atoms with Gasteiger partial charge >= 0.3 is 0 Å². The third-order valence-corrected chi connectivity index (χ3v) is 7.27. The third kappa shape index (κ3) is 4.86. The van der Waals surface area contributed by atoms with Gasteiger partial charge in [0.2, 0.25) is 10.0 Å². The van der Waals surface area contributed by atoms with Crippen molar-refractivity contribution >= 4 is 21.6 Å². The molecule has 0 spiro atoms. The summed E-state index contributed by atoms with van der Waals surface area (Å²) in [7, 11) is -1.70. The second-order valence-corrected chi connectivity index (χ2v) is 9.37. The standard InChI is InChI=1S/C21H27N7O2S/c1-22-21(24-16-20-26-25-19-7-3-6-14-28(19)20)23-15-17-8-10-18(11-9-17)31(29,30)27-12-4-2-5-13-27/h3,6-11,14H,2,4-5,12-13,15-16H2,1H3,(H2,22,23,24). The van der Waals surface area contributed by atoms with Crippen molar-refractivity contribution < 1.29 is 8.42 Å². The van der Waals surface area contributed by atoms with Crippen LogP contribution in [0.25, 0.3) is 5.65 Å². The highest BCUT2D eigenvalue weighted by Gasteiger charge is 2.25. The van der Waals surface area contributed by atoms with Gasteiger partial charge < -0.3 is 10.6 Å². The average molecular weight is 442 g/mol. The monoisotopic (exact) mass is 441 g/mol. The molecule has 31 heavy (non-hydrogen) atoms. The Kier molecular flexibility index (Phi) is 6.47. The molecule has 1 aliphatic rings. The zero-order valence-electron chi connectivity index (χ0n) is 17.5. The fourth-order valence-corrected chi connectivity index (χ4v) is 5.13. The highest BCUT2D eigenvalue weighted by Crippen LogP contribution is 2.20. The van der Waals surface area contributed by atoms with Gasteiger partial charge in [-0.2, -0.15) is 4.31 Å². The van der Waals surface area contributed by atoms with Crippen molar-refractivity contribution in [1.29, 1.82) is 0 Å². The Morgan fingerprint density at radius 1 is 1.00 bits per heavy atom. The first-order valence-electron chi connectivity index (χ1n) is 10.4. The molecule has 164 valence electrons. The number of nitrogens with zero attached hydrogens (tertiary/aromatic N) is 5. The van der Waals surface area contributed by atoms with E-state index in [-0.39, 0.29) is 0 Å². The molecule has 0 bridgehead atoms. The Morgan fingerprint density at radius 2 is 1.74 bits per heavy atom. The maximum Gasteiger partial charge on any atom is 0.243 e. The van der Waals surface area contributed by atoms with E-state index in [4.69, 9.17) is 0 Å². The Hall–Kier alpha value is -2.98. The molecule has 1 fully saturated rings. The molecular weight excluding hydrogens is 414 g/mol. The van der Waals surface area contributed by atoms with Gasteiger partial charge in [0.1, 0.15) is 0 Å². The van der Waals surface area contributed by atoms with Crippen LogP contribution in [0, 0.1) is 0 Å². The number of hydrogen-bond donors (Lipinski definition) is 2. The highest BCUT2D eigenvalue weighted by molar-refractivity contribution is 7.89. The SMILES string of the molecule is CN=C(NCc1ccc(S(=O)(=O)N2CCCCC2)cc1)NCc1nnc2ccccn12. The van der Waals surface area contributed by atoms with Gasteiger partial charge in [0, 0.05) is 32.9 Å². The normalized spacial score (nSPS) is 15.8. The van der Waals surface area contributed by atoms with Gasteiger partial charge in [0.25, 0.3) is 0 Å². The van der Waals surface area contributed by atoms with Crippen molar-refractivity contribution in [1.82, 2.24) is 29.5 Å². The fourth-order valence-electron chi connectivity index (χ4n) is 3.61. The molecule has 0 atom stereocenters. The summed E-state index contributed by atoms with van der Waals surface area (Å²) in [6.45, 7) is 2.20. The Bertz CT molecular complexity index is 1150. The van der Waals surface area contributed by atoms with E-state index in [0.29, 0.717) is 37.0 Å². The molecule has 0 amide bonds. The van der Waals surface area contributed by atoms with Gasteiger partial charge in [-0.15, -0.1) is 10.2 Å². The molecule has 9 nitrogen and oxygen atoms in total. The van der Waals surface area contributed by atoms with Gasteiger partial charge in [0.15, 0.2) is 17.4 Å². The lowest BCUT2D eigenvalue weighted by Gasteiger charge is -2.25. The minimum atomic E-state index is -3.40. The first-order valence-corrected chi connectivity index (χ1v) is 11.8. The minimum Gasteiger partial charge on any atom is -0.352 e. The van der Waals surface area contributed by atoms with Crippen molar-refractivity contribution in [3.05, 3.63) is 60.0 Å². The molecule has 0 radical (unpaired) electrons. The molecule has 2 aromatic heterocycles. The minimum absolute atomic E-state index is 0.347. The third-order valence-electron chi connectivity index (χ3n) is 5.36. The second-order valence-electron chi connectivity index (χ2n) is 7.43. The lowest BCUT2D eigenvalue weighted by atomic mass is 10.2. The number of hydrogen-bond acceptors (Lipinski definition) is 5. The van der Waals surface area contributed by atoms with Gasteiger partial charge in [0.05, 0.1) is 11.4 Å². The molecule has 0 saturated carbocycles. The van der Waals surface area contributed by atoms with Crippen molar-refractivity contribution in [2.45, 2.75) is 37.2 Å². The van der Waals surface area contributed by atoms with Crippen LogP contribution in [0.1, 0.15) is 30.7 Å². The van der Waals surface area contributed by atoms with Crippen LogP contribution in [0.15, 0.2) is 58.5 Å². The zero-order chi connectivity index (χ0) is 21.7. The summed E-state index contributed by atoms with van der Waals surface area (Å²) in [5.74, 6) is 1.41. The molecule has 3 aromatic rings. The lowest BCUT2D eigenvalue weighted by molar-refractivity contribution is 0.346. The van der Waals surface area contributed by atoms with Crippen molar-refractivity contribution in [3.63, 3.8) is 0 Å². The topological polar surface area (TPSA) is 104 Å². The summed E-state index contributed by atoms with van der Waals surface area (Å²) in [4.78, 5) is 4.58. The summed E-state index contributed by atoms with van der Waals surface area (Å²) in [5, 5.41) is 14.8. The summed E-state index contributed by atoms with van der Waals surface area (Å²) >= 11 is 0. The van der Waals surface area contributed by atoms with Gasteiger partial charge in [-0.25, -0.2) is 8.42 Å². The number of nitrogens with one attached hydrogen (secondary N) is 2. The van der Waals surface area contributed by atoms with E-state index in [1.165, 1.54) is 0 Å². The summed E-state index contributed by atoms with van der Waals surface area (Å²) < 4.78 is 29.0. The molecule has 1 saturated heterocycles. The van der Waals surface area contributed by atoms with Crippen LogP contribution in [0.5, 0.6) is 0 Å².